The minimum absolute atomic E-state index is 0.0104. The molecule has 0 bridgehead atoms. The van der Waals surface area contributed by atoms with E-state index in [-0.39, 0.29) is 35.7 Å². The fraction of sp³-hybridized carbons (Fsp3) is 0.111. The van der Waals surface area contributed by atoms with Crippen LogP contribution in [0.4, 0.5) is 5.69 Å². The molecule has 0 atom stereocenters. The van der Waals surface area contributed by atoms with E-state index in [1.165, 1.54) is 24.3 Å². The van der Waals surface area contributed by atoms with Crippen molar-refractivity contribution in [3.63, 3.8) is 0 Å². The topological polar surface area (TPSA) is 128 Å². The number of ether oxygens (including phenoxy) is 2. The van der Waals surface area contributed by atoms with Crippen LogP contribution in [0, 0.1) is 15.5 Å². The second-order valence-corrected chi connectivity index (χ2v) is 5.84. The molecule has 1 amide bonds. The van der Waals surface area contributed by atoms with Gasteiger partial charge < -0.3 is 19.2 Å². The zero-order chi connectivity index (χ0) is 19.0. The molecule has 2 N–H and O–H groups in total. The highest BCUT2D eigenvalue weighted by atomic mass is 16.7. The Bertz CT molecular complexity index is 1140. The van der Waals surface area contributed by atoms with E-state index in [0.29, 0.717) is 16.9 Å². The number of nitrogens with one attached hydrogen (secondary N) is 2. The second-order valence-electron chi connectivity index (χ2n) is 5.84. The predicted molar refractivity (Wildman–Crippen MR) is 92.5 cm³/mol. The maximum atomic E-state index is 12.5. The van der Waals surface area contributed by atoms with E-state index < -0.39 is 10.8 Å². The Hall–Kier alpha value is -3.88. The minimum Gasteiger partial charge on any atom is -0.454 e. The summed E-state index contributed by atoms with van der Waals surface area (Å²) < 4.78 is 15.8. The first-order chi connectivity index (χ1) is 13.0. The van der Waals surface area contributed by atoms with Crippen LogP contribution in [0.25, 0.3) is 11.0 Å². The Kier molecular flexibility index (Phi) is 3.96. The number of non-ortho nitro benzene ring substituents is 1. The smallest absolute Gasteiger partial charge is 0.270 e. The third-order valence-electron chi connectivity index (χ3n) is 4.10. The molecule has 0 saturated heterocycles. The summed E-state index contributed by atoms with van der Waals surface area (Å²) in [5.41, 5.74) is 0.635. The first-order valence-electron chi connectivity index (χ1n) is 7.95. The van der Waals surface area contributed by atoms with Crippen molar-refractivity contribution in [1.82, 2.24) is 5.32 Å². The van der Waals surface area contributed by atoms with E-state index in [2.05, 4.69) is 5.32 Å². The van der Waals surface area contributed by atoms with E-state index in [9.17, 15) is 14.9 Å². The lowest BCUT2D eigenvalue weighted by molar-refractivity contribution is -0.384. The average molecular weight is 367 g/mol. The van der Waals surface area contributed by atoms with E-state index in [1.807, 2.05) is 0 Å². The molecule has 0 aliphatic carbocycles. The van der Waals surface area contributed by atoms with Gasteiger partial charge in [-0.3, -0.25) is 20.3 Å². The molecule has 2 heterocycles. The van der Waals surface area contributed by atoms with Crippen molar-refractivity contribution < 1.29 is 23.6 Å². The molecule has 9 nitrogen and oxygen atoms in total. The molecule has 0 radical (unpaired) electrons. The summed E-state index contributed by atoms with van der Waals surface area (Å²) in [5.74, 6) is 0.735. The highest BCUT2D eigenvalue weighted by Crippen LogP contribution is 2.32. The number of carbonyl (C=O) groups is 1. The van der Waals surface area contributed by atoms with Crippen LogP contribution in [0.1, 0.15) is 15.9 Å². The van der Waals surface area contributed by atoms with Crippen molar-refractivity contribution in [2.75, 3.05) is 6.79 Å². The Morgan fingerprint density at radius 3 is 2.78 bits per heavy atom. The summed E-state index contributed by atoms with van der Waals surface area (Å²) in [6, 6.07) is 10.7. The number of rotatable bonds is 4. The Balaban J connectivity index is 1.57. The Labute approximate surface area is 151 Å². The summed E-state index contributed by atoms with van der Waals surface area (Å²) in [4.78, 5) is 22.8. The summed E-state index contributed by atoms with van der Waals surface area (Å²) in [6.07, 6.45) is 0. The molecule has 2 aromatic carbocycles. The first kappa shape index (κ1) is 16.6. The Morgan fingerprint density at radius 1 is 1.15 bits per heavy atom. The molecule has 1 aliphatic heterocycles. The van der Waals surface area contributed by atoms with E-state index in [0.717, 1.165) is 5.56 Å². The highest BCUT2D eigenvalue weighted by molar-refractivity contribution is 5.96. The predicted octanol–water partition coefficient (Wildman–Crippen LogP) is 2.48. The Morgan fingerprint density at radius 2 is 1.96 bits per heavy atom. The molecule has 9 heteroatoms. The number of benzene rings is 2. The second kappa shape index (κ2) is 6.45. The van der Waals surface area contributed by atoms with Crippen LogP contribution in [0.15, 0.2) is 46.9 Å². The van der Waals surface area contributed by atoms with Gasteiger partial charge in [-0.25, -0.2) is 0 Å². The van der Waals surface area contributed by atoms with Gasteiger partial charge in [0.15, 0.2) is 11.5 Å². The summed E-state index contributed by atoms with van der Waals surface area (Å²) in [6.45, 7) is 0.375. The van der Waals surface area contributed by atoms with Gasteiger partial charge in [0, 0.05) is 24.1 Å². The van der Waals surface area contributed by atoms with Gasteiger partial charge in [0.1, 0.15) is 11.1 Å². The van der Waals surface area contributed by atoms with Gasteiger partial charge in [0.2, 0.25) is 12.3 Å². The molecule has 1 aliphatic rings. The lowest BCUT2D eigenvalue weighted by Crippen LogP contribution is -2.27. The SMILES string of the molecule is N=c1oc2ccc([N+](=O)[O-])cc2cc1C(=O)NCc1ccc2c(c1)OCO2. The quantitative estimate of drug-likeness (QED) is 0.538. The van der Waals surface area contributed by atoms with Crippen LogP contribution >= 0.6 is 0 Å². The molecule has 4 rings (SSSR count). The zero-order valence-corrected chi connectivity index (χ0v) is 13.9. The maximum absolute atomic E-state index is 12.5. The van der Waals surface area contributed by atoms with Crippen molar-refractivity contribution in [3.8, 4) is 11.5 Å². The number of nitrogens with zero attached hydrogens (tertiary/aromatic N) is 1. The van der Waals surface area contributed by atoms with Crippen LogP contribution in [0.5, 0.6) is 11.5 Å². The lowest BCUT2D eigenvalue weighted by Gasteiger charge is -2.07. The van der Waals surface area contributed by atoms with E-state index in [1.54, 1.807) is 18.2 Å². The summed E-state index contributed by atoms with van der Waals surface area (Å²) in [5, 5.41) is 21.9. The molecular formula is C18H13N3O6. The number of nitro groups is 1. The molecule has 0 unspecified atom stereocenters. The third-order valence-corrected chi connectivity index (χ3v) is 4.10. The molecule has 27 heavy (non-hydrogen) atoms. The monoisotopic (exact) mass is 367 g/mol. The highest BCUT2D eigenvalue weighted by Gasteiger charge is 2.16. The molecule has 3 aromatic rings. The largest absolute Gasteiger partial charge is 0.454 e. The van der Waals surface area contributed by atoms with Crippen molar-refractivity contribution >= 4 is 22.6 Å². The van der Waals surface area contributed by atoms with Crippen LogP contribution in [0.3, 0.4) is 0 Å². The number of nitro benzene ring substituents is 1. The number of carbonyl (C=O) groups excluding carboxylic acids is 1. The number of amides is 1. The van der Waals surface area contributed by atoms with E-state index >= 15 is 0 Å². The van der Waals surface area contributed by atoms with Crippen molar-refractivity contribution in [2.45, 2.75) is 6.54 Å². The van der Waals surface area contributed by atoms with Gasteiger partial charge >= 0.3 is 0 Å². The van der Waals surface area contributed by atoms with E-state index in [4.69, 9.17) is 19.3 Å². The average Bonchev–Trinajstić information content (AvgIpc) is 3.13. The van der Waals surface area contributed by atoms with Gasteiger partial charge in [-0.15, -0.1) is 0 Å². The maximum Gasteiger partial charge on any atom is 0.270 e. The molecule has 0 saturated carbocycles. The summed E-state index contributed by atoms with van der Waals surface area (Å²) >= 11 is 0. The normalized spacial score (nSPS) is 12.1. The first-order valence-corrected chi connectivity index (χ1v) is 7.95. The lowest BCUT2D eigenvalue weighted by atomic mass is 10.1. The molecular weight excluding hydrogens is 354 g/mol. The molecule has 0 spiro atoms. The van der Waals surface area contributed by atoms with Gasteiger partial charge in [-0.1, -0.05) is 6.07 Å². The molecule has 1 aromatic heterocycles. The van der Waals surface area contributed by atoms with Crippen molar-refractivity contribution in [3.05, 3.63) is 69.3 Å². The number of hydrogen-bond acceptors (Lipinski definition) is 7. The minimum atomic E-state index is -0.534. The van der Waals surface area contributed by atoms with Crippen molar-refractivity contribution in [2.24, 2.45) is 0 Å². The van der Waals surface area contributed by atoms with Crippen LogP contribution in [-0.2, 0) is 6.54 Å². The van der Waals surface area contributed by atoms with Gasteiger partial charge in [0.25, 0.3) is 11.6 Å². The van der Waals surface area contributed by atoms with Crippen LogP contribution in [0.2, 0.25) is 0 Å². The number of hydrogen-bond donors (Lipinski definition) is 2. The van der Waals surface area contributed by atoms with Crippen molar-refractivity contribution in [1.29, 1.82) is 5.41 Å². The summed E-state index contributed by atoms with van der Waals surface area (Å²) in [7, 11) is 0. The van der Waals surface area contributed by atoms with Gasteiger partial charge in [-0.05, 0) is 29.8 Å². The molecule has 136 valence electrons. The third kappa shape index (κ3) is 3.17. The number of fused-ring (bicyclic) bond motifs is 2. The molecule has 0 fully saturated rings. The zero-order valence-electron chi connectivity index (χ0n) is 13.9. The fourth-order valence-electron chi connectivity index (χ4n) is 2.74. The van der Waals surface area contributed by atoms with Gasteiger partial charge in [0.05, 0.1) is 4.92 Å². The standard InChI is InChI=1S/C18H13N3O6/c19-17-13(7-11-6-12(21(23)24)2-4-14(11)27-17)18(22)20-8-10-1-3-15-16(5-10)26-9-25-15/h1-7,19H,8-9H2,(H,20,22). The van der Waals surface area contributed by atoms with Crippen LogP contribution in [-0.4, -0.2) is 17.6 Å². The van der Waals surface area contributed by atoms with Gasteiger partial charge in [-0.2, -0.15) is 0 Å². The van der Waals surface area contributed by atoms with Crippen LogP contribution < -0.4 is 20.3 Å². The fourth-order valence-corrected chi connectivity index (χ4v) is 2.74.